The fourth-order valence-electron chi connectivity index (χ4n) is 4.33. The molecule has 0 saturated carbocycles. The fourth-order valence-corrected chi connectivity index (χ4v) is 5.21. The number of para-hydroxylation sites is 1. The molecule has 10 heteroatoms. The molecule has 7 nitrogen and oxygen atoms in total. The summed E-state index contributed by atoms with van der Waals surface area (Å²) >= 11 is 0. The lowest BCUT2D eigenvalue weighted by molar-refractivity contribution is -0.00511. The minimum atomic E-state index is -3.92. The Balaban J connectivity index is 1.79. The monoisotopic (exact) mass is 479 g/mol. The molecule has 33 heavy (non-hydrogen) atoms. The van der Waals surface area contributed by atoms with E-state index in [1.54, 1.807) is 6.07 Å². The van der Waals surface area contributed by atoms with Crippen molar-refractivity contribution in [1.29, 1.82) is 0 Å². The number of benzene rings is 2. The van der Waals surface area contributed by atoms with E-state index in [4.69, 9.17) is 4.74 Å². The summed E-state index contributed by atoms with van der Waals surface area (Å²) < 4.78 is 62.7. The number of carbonyl (C=O) groups is 1. The van der Waals surface area contributed by atoms with Crippen molar-refractivity contribution in [2.24, 2.45) is 0 Å². The van der Waals surface area contributed by atoms with Gasteiger partial charge in [0.05, 0.1) is 24.9 Å². The Labute approximate surface area is 192 Å². The van der Waals surface area contributed by atoms with Crippen LogP contribution in [0.2, 0.25) is 0 Å². The van der Waals surface area contributed by atoms with Crippen molar-refractivity contribution in [2.75, 3.05) is 32.5 Å². The van der Waals surface area contributed by atoms with Gasteiger partial charge in [0.15, 0.2) is 0 Å². The molecule has 0 radical (unpaired) electrons. The number of rotatable bonds is 3. The lowest BCUT2D eigenvalue weighted by Gasteiger charge is -2.31. The largest absolute Gasteiger partial charge is 0.491 e. The number of sulfonamides is 1. The minimum absolute atomic E-state index is 0.0724. The molecule has 2 heterocycles. The van der Waals surface area contributed by atoms with Crippen molar-refractivity contribution in [1.82, 2.24) is 14.5 Å². The number of amides is 2. The van der Waals surface area contributed by atoms with Crippen LogP contribution < -0.4 is 9.46 Å². The smallest absolute Gasteiger partial charge is 0.320 e. The molecule has 1 N–H and O–H groups in total. The number of hydrogen-bond donors (Lipinski definition) is 1. The zero-order valence-corrected chi connectivity index (χ0v) is 19.3. The predicted molar refractivity (Wildman–Crippen MR) is 121 cm³/mol. The second-order valence-electron chi connectivity index (χ2n) is 8.41. The van der Waals surface area contributed by atoms with Crippen LogP contribution in [0.5, 0.6) is 5.75 Å². The minimum Gasteiger partial charge on any atom is -0.491 e. The van der Waals surface area contributed by atoms with E-state index in [9.17, 15) is 13.2 Å². The molecule has 178 valence electrons. The van der Waals surface area contributed by atoms with Gasteiger partial charge in [0.1, 0.15) is 18.4 Å². The van der Waals surface area contributed by atoms with Gasteiger partial charge in [0, 0.05) is 12.6 Å². The number of nitrogens with one attached hydrogen (secondary N) is 1. The first kappa shape index (κ1) is 23.4. The summed E-state index contributed by atoms with van der Waals surface area (Å²) in [6.45, 7) is 0.890. The molecule has 2 aromatic carbocycles. The summed E-state index contributed by atoms with van der Waals surface area (Å²) in [6, 6.07) is 11.5. The molecule has 2 amide bonds. The summed E-state index contributed by atoms with van der Waals surface area (Å²) in [5.74, 6) is -3.08. The van der Waals surface area contributed by atoms with Crippen LogP contribution in [0, 0.1) is 0 Å². The average molecular weight is 480 g/mol. The highest BCUT2D eigenvalue weighted by Gasteiger charge is 2.57. The van der Waals surface area contributed by atoms with Crippen molar-refractivity contribution < 1.29 is 26.7 Å². The van der Waals surface area contributed by atoms with Gasteiger partial charge in [0.25, 0.3) is 5.92 Å². The van der Waals surface area contributed by atoms with E-state index in [2.05, 4.69) is 4.72 Å². The summed E-state index contributed by atoms with van der Waals surface area (Å²) in [6.07, 6.45) is 0.0724. The van der Waals surface area contributed by atoms with E-state index < -0.39 is 40.6 Å². The molecule has 0 spiro atoms. The molecular formula is C23H27F2N3O4S. The zero-order valence-electron chi connectivity index (χ0n) is 18.5. The number of ether oxygens (including phenoxy) is 1. The van der Waals surface area contributed by atoms with Crippen LogP contribution in [-0.4, -0.2) is 74.8 Å². The number of fused-ring (bicyclic) bond motifs is 5. The molecule has 0 aliphatic carbocycles. The number of urea groups is 1. The fraction of sp³-hybridized carbons (Fsp3) is 0.435. The van der Waals surface area contributed by atoms with Gasteiger partial charge < -0.3 is 14.5 Å². The molecule has 1 fully saturated rings. The second-order valence-corrected chi connectivity index (χ2v) is 10.5. The van der Waals surface area contributed by atoms with Gasteiger partial charge in [-0.3, -0.25) is 0 Å². The quantitative estimate of drug-likeness (QED) is 0.734. The first-order valence-electron chi connectivity index (χ1n) is 10.8. The molecule has 0 aromatic heterocycles. The third kappa shape index (κ3) is 4.81. The third-order valence-electron chi connectivity index (χ3n) is 6.13. The van der Waals surface area contributed by atoms with Crippen molar-refractivity contribution in [3.05, 3.63) is 54.1 Å². The van der Waals surface area contributed by atoms with Crippen LogP contribution in [0.25, 0.3) is 11.1 Å². The Kier molecular flexibility index (Phi) is 6.32. The van der Waals surface area contributed by atoms with Gasteiger partial charge in [-0.25, -0.2) is 26.7 Å². The van der Waals surface area contributed by atoms with Gasteiger partial charge in [-0.1, -0.05) is 42.5 Å². The lowest BCUT2D eigenvalue weighted by Crippen LogP contribution is -2.53. The third-order valence-corrected chi connectivity index (χ3v) is 7.51. The van der Waals surface area contributed by atoms with Crippen LogP contribution >= 0.6 is 0 Å². The van der Waals surface area contributed by atoms with Gasteiger partial charge in [-0.15, -0.1) is 0 Å². The molecular weight excluding hydrogens is 452 g/mol. The first-order chi connectivity index (χ1) is 15.6. The SMILES string of the molecule is CCS(=O)(=O)N[C@@H]1[C@@H]2Cc3cccc(c3)-c3ccccc3OCCN(C)C(=O)N2CC1(F)F. The van der Waals surface area contributed by atoms with Crippen LogP contribution in [0.15, 0.2) is 48.5 Å². The number of carbonyl (C=O) groups excluding carboxylic acids is 1. The Morgan fingerprint density at radius 2 is 1.94 bits per heavy atom. The van der Waals surface area contributed by atoms with Gasteiger partial charge in [-0.05, 0) is 30.5 Å². The summed E-state index contributed by atoms with van der Waals surface area (Å²) in [7, 11) is -2.40. The normalized spacial score (nSPS) is 23.0. The van der Waals surface area contributed by atoms with Gasteiger partial charge in [0.2, 0.25) is 10.0 Å². The van der Waals surface area contributed by atoms with Crippen LogP contribution in [0.4, 0.5) is 13.6 Å². The number of halogens is 2. The second kappa shape index (κ2) is 8.90. The first-order valence-corrected chi connectivity index (χ1v) is 12.5. The van der Waals surface area contributed by atoms with Crippen molar-refractivity contribution >= 4 is 16.1 Å². The van der Waals surface area contributed by atoms with Crippen molar-refractivity contribution in [2.45, 2.75) is 31.4 Å². The van der Waals surface area contributed by atoms with Crippen LogP contribution in [0.3, 0.4) is 0 Å². The molecule has 2 bridgehead atoms. The Morgan fingerprint density at radius 3 is 2.70 bits per heavy atom. The Hall–Kier alpha value is -2.72. The van der Waals surface area contributed by atoms with E-state index in [1.807, 2.05) is 42.5 Å². The van der Waals surface area contributed by atoms with Crippen LogP contribution in [-0.2, 0) is 16.4 Å². The van der Waals surface area contributed by atoms with Crippen molar-refractivity contribution in [3.8, 4) is 16.9 Å². The summed E-state index contributed by atoms with van der Waals surface area (Å²) in [4.78, 5) is 15.6. The zero-order chi connectivity index (χ0) is 23.8. The van der Waals surface area contributed by atoms with E-state index in [-0.39, 0.29) is 25.3 Å². The maximum atomic E-state index is 15.1. The molecule has 0 unspecified atom stereocenters. The highest BCUT2D eigenvalue weighted by Crippen LogP contribution is 2.37. The number of nitrogens with zero attached hydrogens (tertiary/aromatic N) is 2. The number of likely N-dealkylation sites (N-methyl/N-ethyl adjacent to an activating group) is 1. The Morgan fingerprint density at radius 1 is 1.18 bits per heavy atom. The number of hydrogen-bond acceptors (Lipinski definition) is 4. The topological polar surface area (TPSA) is 79.0 Å². The van der Waals surface area contributed by atoms with Crippen molar-refractivity contribution in [3.63, 3.8) is 0 Å². The maximum Gasteiger partial charge on any atom is 0.320 e. The highest BCUT2D eigenvalue weighted by atomic mass is 32.2. The Bertz CT molecular complexity index is 1140. The van der Waals surface area contributed by atoms with Crippen LogP contribution in [0.1, 0.15) is 12.5 Å². The molecule has 2 atom stereocenters. The highest BCUT2D eigenvalue weighted by molar-refractivity contribution is 7.89. The summed E-state index contributed by atoms with van der Waals surface area (Å²) in [5.41, 5.74) is 2.42. The molecule has 2 aromatic rings. The molecule has 2 aliphatic rings. The van der Waals surface area contributed by atoms with E-state index >= 15 is 8.78 Å². The molecule has 1 saturated heterocycles. The van der Waals surface area contributed by atoms with E-state index in [0.29, 0.717) is 11.3 Å². The number of alkyl halides is 2. The summed E-state index contributed by atoms with van der Waals surface area (Å²) in [5, 5.41) is 0. The standard InChI is InChI=1S/C23H27F2N3O4S/c1-3-33(30,31)26-21-19-14-16-7-6-8-17(13-16)18-9-4-5-10-20(18)32-12-11-27(2)22(29)28(19)15-23(21,24)25/h4-10,13,19,21,26H,3,11-12,14-15H2,1-2H3/t19-,21+/m0/s1. The van der Waals surface area contributed by atoms with Gasteiger partial charge in [-0.2, -0.15) is 0 Å². The molecule has 2 aliphatic heterocycles. The average Bonchev–Trinajstić information content (AvgIpc) is 3.02. The predicted octanol–water partition coefficient (Wildman–Crippen LogP) is 2.97. The van der Waals surface area contributed by atoms with Gasteiger partial charge >= 0.3 is 6.03 Å². The van der Waals surface area contributed by atoms with E-state index in [1.165, 1.54) is 18.9 Å². The maximum absolute atomic E-state index is 15.1. The van der Waals surface area contributed by atoms with E-state index in [0.717, 1.165) is 16.0 Å². The molecule has 4 rings (SSSR count). The lowest BCUT2D eigenvalue weighted by atomic mass is 9.96.